The summed E-state index contributed by atoms with van der Waals surface area (Å²) in [6.45, 7) is 2.77. The van der Waals surface area contributed by atoms with E-state index in [1.54, 1.807) is 10.9 Å². The molecule has 1 heterocycles. The summed E-state index contributed by atoms with van der Waals surface area (Å²) in [4.78, 5) is 29.8. The maximum Gasteiger partial charge on any atom is 0.261 e. The number of rotatable bonds is 7. The number of hydrogen-bond acceptors (Lipinski definition) is 3. The van der Waals surface area contributed by atoms with E-state index < -0.39 is 0 Å². The van der Waals surface area contributed by atoms with Crippen molar-refractivity contribution in [3.8, 4) is 0 Å². The molecule has 31 heavy (non-hydrogen) atoms. The molecule has 2 aromatic carbocycles. The summed E-state index contributed by atoms with van der Waals surface area (Å²) in [5.74, 6) is 0.686. The summed E-state index contributed by atoms with van der Waals surface area (Å²) in [6, 6.07) is 18.0. The van der Waals surface area contributed by atoms with Crippen LogP contribution in [0.25, 0.3) is 10.9 Å². The molecule has 0 spiro atoms. The van der Waals surface area contributed by atoms with E-state index in [4.69, 9.17) is 0 Å². The monoisotopic (exact) mass is 417 g/mol. The number of aromatic nitrogens is 2. The number of carbonyl (C=O) groups is 1. The van der Waals surface area contributed by atoms with Crippen LogP contribution in [0.4, 0.5) is 0 Å². The van der Waals surface area contributed by atoms with Gasteiger partial charge in [-0.1, -0.05) is 42.5 Å². The Hall–Kier alpha value is -2.95. The third-order valence-corrected chi connectivity index (χ3v) is 6.50. The van der Waals surface area contributed by atoms with Crippen LogP contribution in [0.3, 0.4) is 0 Å². The minimum Gasteiger partial charge on any atom is -0.353 e. The smallest absolute Gasteiger partial charge is 0.261 e. The van der Waals surface area contributed by atoms with E-state index in [9.17, 15) is 9.59 Å². The first-order chi connectivity index (χ1) is 15.1. The summed E-state index contributed by atoms with van der Waals surface area (Å²) >= 11 is 0. The van der Waals surface area contributed by atoms with Crippen LogP contribution in [-0.4, -0.2) is 21.5 Å². The van der Waals surface area contributed by atoms with Crippen molar-refractivity contribution in [1.82, 2.24) is 14.9 Å². The molecule has 0 radical (unpaired) electrons. The molecule has 0 unspecified atom stereocenters. The van der Waals surface area contributed by atoms with Crippen LogP contribution in [0.5, 0.6) is 0 Å². The van der Waals surface area contributed by atoms with Crippen molar-refractivity contribution >= 4 is 16.8 Å². The molecule has 1 amide bonds. The van der Waals surface area contributed by atoms with Crippen LogP contribution >= 0.6 is 0 Å². The lowest BCUT2D eigenvalue weighted by Crippen LogP contribution is -2.39. The number of nitrogens with one attached hydrogen (secondary N) is 1. The third-order valence-electron chi connectivity index (χ3n) is 6.50. The van der Waals surface area contributed by atoms with Crippen LogP contribution in [-0.2, 0) is 17.8 Å². The van der Waals surface area contributed by atoms with Gasteiger partial charge in [-0.15, -0.1) is 0 Å². The molecule has 4 rings (SSSR count). The van der Waals surface area contributed by atoms with Crippen molar-refractivity contribution in [1.29, 1.82) is 0 Å². The van der Waals surface area contributed by atoms with E-state index in [-0.39, 0.29) is 23.4 Å². The van der Waals surface area contributed by atoms with Gasteiger partial charge in [0.2, 0.25) is 5.91 Å². The Morgan fingerprint density at radius 3 is 2.55 bits per heavy atom. The largest absolute Gasteiger partial charge is 0.353 e. The molecule has 1 fully saturated rings. The van der Waals surface area contributed by atoms with Crippen molar-refractivity contribution in [3.63, 3.8) is 0 Å². The van der Waals surface area contributed by atoms with Crippen molar-refractivity contribution in [2.24, 2.45) is 11.8 Å². The quantitative estimate of drug-likeness (QED) is 0.622. The van der Waals surface area contributed by atoms with Gasteiger partial charge in [0.25, 0.3) is 5.56 Å². The molecule has 0 bridgehead atoms. The van der Waals surface area contributed by atoms with Crippen LogP contribution in [0.15, 0.2) is 65.7 Å². The molecule has 1 N–H and O–H groups in total. The Bertz CT molecular complexity index is 1070. The number of nitrogens with zero attached hydrogens (tertiary/aromatic N) is 2. The van der Waals surface area contributed by atoms with Gasteiger partial charge in [-0.3, -0.25) is 14.2 Å². The Balaban J connectivity index is 1.25. The van der Waals surface area contributed by atoms with Crippen molar-refractivity contribution in [2.45, 2.75) is 58.0 Å². The summed E-state index contributed by atoms with van der Waals surface area (Å²) < 4.78 is 1.74. The second-order valence-electron chi connectivity index (χ2n) is 8.87. The average molecular weight is 418 g/mol. The SMILES string of the molecule is C[C@@H](CCc1ccccc1)NC(=O)C1CCC(Cn2cnc3ccccc3c2=O)CC1. The predicted octanol–water partition coefficient (Wildman–Crippen LogP) is 4.34. The Labute approximate surface area is 183 Å². The number of amides is 1. The highest BCUT2D eigenvalue weighted by atomic mass is 16.2. The molecule has 3 aromatic rings. The molecule has 1 aliphatic carbocycles. The zero-order valence-corrected chi connectivity index (χ0v) is 18.2. The highest BCUT2D eigenvalue weighted by molar-refractivity contribution is 5.79. The summed E-state index contributed by atoms with van der Waals surface area (Å²) in [5, 5.41) is 3.88. The summed E-state index contributed by atoms with van der Waals surface area (Å²) in [6.07, 6.45) is 7.30. The first-order valence-electron chi connectivity index (χ1n) is 11.4. The Kier molecular flexibility index (Phi) is 6.80. The zero-order valence-electron chi connectivity index (χ0n) is 18.2. The number of benzene rings is 2. The fraction of sp³-hybridized carbons (Fsp3) is 0.423. The first kappa shape index (κ1) is 21.3. The van der Waals surface area contributed by atoms with Gasteiger partial charge in [0, 0.05) is 18.5 Å². The standard InChI is InChI=1S/C26H31N3O2/c1-19(11-12-20-7-3-2-4-8-20)28-25(30)22-15-13-21(14-16-22)17-29-18-27-24-10-6-5-9-23(24)26(29)31/h2-10,18-19,21-22H,11-17H2,1H3,(H,28,30)/t19-,21?,22?/m0/s1. The molecule has 0 saturated heterocycles. The fourth-order valence-electron chi connectivity index (χ4n) is 4.58. The number of hydrogen-bond donors (Lipinski definition) is 1. The van der Waals surface area contributed by atoms with Crippen molar-refractivity contribution in [3.05, 3.63) is 76.8 Å². The van der Waals surface area contributed by atoms with E-state index in [1.165, 1.54) is 5.56 Å². The van der Waals surface area contributed by atoms with Crippen LogP contribution in [0.1, 0.15) is 44.6 Å². The van der Waals surface area contributed by atoms with E-state index in [0.29, 0.717) is 17.8 Å². The van der Waals surface area contributed by atoms with Gasteiger partial charge in [-0.05, 0) is 69.1 Å². The molecule has 1 saturated carbocycles. The minimum absolute atomic E-state index is 0.0257. The molecule has 1 atom stereocenters. The summed E-state index contributed by atoms with van der Waals surface area (Å²) in [5.41, 5.74) is 2.07. The molecule has 1 aromatic heterocycles. The Morgan fingerprint density at radius 2 is 1.77 bits per heavy atom. The van der Waals surface area contributed by atoms with E-state index in [0.717, 1.165) is 44.0 Å². The highest BCUT2D eigenvalue weighted by Gasteiger charge is 2.27. The zero-order chi connectivity index (χ0) is 21.6. The van der Waals surface area contributed by atoms with Gasteiger partial charge in [0.15, 0.2) is 0 Å². The maximum absolute atomic E-state index is 12.7. The van der Waals surface area contributed by atoms with Gasteiger partial charge < -0.3 is 5.32 Å². The topological polar surface area (TPSA) is 64.0 Å². The highest BCUT2D eigenvalue weighted by Crippen LogP contribution is 2.30. The second-order valence-corrected chi connectivity index (χ2v) is 8.87. The third kappa shape index (κ3) is 5.40. The number of fused-ring (bicyclic) bond motifs is 1. The molecular weight excluding hydrogens is 386 g/mol. The second kappa shape index (κ2) is 9.90. The number of para-hydroxylation sites is 1. The van der Waals surface area contributed by atoms with Crippen LogP contribution in [0.2, 0.25) is 0 Å². The molecular formula is C26H31N3O2. The molecule has 1 aliphatic rings. The lowest BCUT2D eigenvalue weighted by Gasteiger charge is -2.29. The van der Waals surface area contributed by atoms with Crippen molar-refractivity contribution < 1.29 is 4.79 Å². The maximum atomic E-state index is 12.7. The van der Waals surface area contributed by atoms with Crippen molar-refractivity contribution in [2.75, 3.05) is 0 Å². The fourth-order valence-corrected chi connectivity index (χ4v) is 4.58. The van der Waals surface area contributed by atoms with Gasteiger partial charge >= 0.3 is 0 Å². The van der Waals surface area contributed by atoms with Gasteiger partial charge in [0.05, 0.1) is 17.2 Å². The van der Waals surface area contributed by atoms with Crippen LogP contribution in [0, 0.1) is 11.8 Å². The number of carbonyl (C=O) groups excluding carboxylic acids is 1. The normalized spacial score (nSPS) is 19.8. The van der Waals surface area contributed by atoms with Gasteiger partial charge in [-0.2, -0.15) is 0 Å². The molecule has 5 heteroatoms. The van der Waals surface area contributed by atoms with Gasteiger partial charge in [0.1, 0.15) is 0 Å². The van der Waals surface area contributed by atoms with Crippen LogP contribution < -0.4 is 10.9 Å². The van der Waals surface area contributed by atoms with E-state index in [1.807, 2.05) is 30.3 Å². The molecule has 0 aliphatic heterocycles. The first-order valence-corrected chi connectivity index (χ1v) is 11.4. The average Bonchev–Trinajstić information content (AvgIpc) is 2.81. The summed E-state index contributed by atoms with van der Waals surface area (Å²) in [7, 11) is 0. The molecule has 162 valence electrons. The minimum atomic E-state index is 0.0257. The lowest BCUT2D eigenvalue weighted by atomic mass is 9.81. The Morgan fingerprint density at radius 1 is 1.06 bits per heavy atom. The molecule has 5 nitrogen and oxygen atoms in total. The lowest BCUT2D eigenvalue weighted by molar-refractivity contribution is -0.126. The van der Waals surface area contributed by atoms with Gasteiger partial charge in [-0.25, -0.2) is 4.98 Å². The van der Waals surface area contributed by atoms with E-state index in [2.05, 4.69) is 41.5 Å². The van der Waals surface area contributed by atoms with E-state index >= 15 is 0 Å². The number of aryl methyl sites for hydroxylation is 1. The predicted molar refractivity (Wildman–Crippen MR) is 124 cm³/mol.